The number of rotatable bonds is 13. The fraction of sp³-hybridized carbons (Fsp3) is 0.679. The molecule has 0 radical (unpaired) electrons. The summed E-state index contributed by atoms with van der Waals surface area (Å²) < 4.78 is 0. The molecule has 9 amide bonds. The maximum absolute atomic E-state index is 13.6. The van der Waals surface area contributed by atoms with Crippen LogP contribution in [0.15, 0.2) is 0 Å². The van der Waals surface area contributed by atoms with Gasteiger partial charge in [-0.2, -0.15) is 0 Å². The van der Waals surface area contributed by atoms with E-state index in [1.807, 2.05) is 0 Å². The van der Waals surface area contributed by atoms with Crippen molar-refractivity contribution in [3.05, 3.63) is 0 Å². The van der Waals surface area contributed by atoms with Crippen LogP contribution in [0.25, 0.3) is 0 Å². The average Bonchev–Trinajstić information content (AvgIpc) is 3.05. The second-order valence-corrected chi connectivity index (χ2v) is 11.3. The zero-order valence-electron chi connectivity index (χ0n) is 28.1. The van der Waals surface area contributed by atoms with E-state index in [-0.39, 0.29) is 58.2 Å². The topological polar surface area (TPSA) is 316 Å². The van der Waals surface area contributed by atoms with Gasteiger partial charge in [-0.25, -0.2) is 15.2 Å². The van der Waals surface area contributed by atoms with Gasteiger partial charge < -0.3 is 37.0 Å². The number of aliphatic hydroxyl groups is 1. The van der Waals surface area contributed by atoms with Crippen molar-refractivity contribution in [1.82, 2.24) is 47.1 Å². The summed E-state index contributed by atoms with van der Waals surface area (Å²) in [5.74, 6) is -7.64. The van der Waals surface area contributed by atoms with E-state index in [0.717, 1.165) is 20.8 Å². The van der Waals surface area contributed by atoms with Crippen LogP contribution in [0.4, 0.5) is 0 Å². The molecule has 1 aliphatic heterocycles. The Bertz CT molecular complexity index is 1230. The third kappa shape index (κ3) is 16.0. The van der Waals surface area contributed by atoms with Crippen molar-refractivity contribution in [3.8, 4) is 0 Å². The first-order chi connectivity index (χ1) is 23.5. The zero-order valence-corrected chi connectivity index (χ0v) is 28.1. The lowest BCUT2D eigenvalue weighted by molar-refractivity contribution is -0.163. The molecule has 0 bridgehead atoms. The van der Waals surface area contributed by atoms with Crippen molar-refractivity contribution in [2.45, 2.75) is 83.5 Å². The molecule has 50 heavy (non-hydrogen) atoms. The maximum atomic E-state index is 13.6. The number of aliphatic hydroxyl groups excluding tert-OH is 1. The number of hydrogen-bond donors (Lipinski definition) is 10. The molecule has 0 saturated carbocycles. The van der Waals surface area contributed by atoms with Crippen molar-refractivity contribution in [2.24, 2.45) is 0 Å². The predicted octanol–water partition coefficient (Wildman–Crippen LogP) is -4.78. The number of nitrogens with one attached hydrogen (secondary N) is 6. The van der Waals surface area contributed by atoms with Gasteiger partial charge in [0.1, 0.15) is 24.2 Å². The summed E-state index contributed by atoms with van der Waals surface area (Å²) in [4.78, 5) is 112. The molecule has 0 aliphatic carbocycles. The van der Waals surface area contributed by atoms with Crippen LogP contribution in [0, 0.1) is 0 Å². The molecular weight excluding hydrogens is 670 g/mol. The van der Waals surface area contributed by atoms with Gasteiger partial charge >= 0.3 is 0 Å². The number of hydroxylamine groups is 6. The van der Waals surface area contributed by atoms with Crippen LogP contribution in [0.3, 0.4) is 0 Å². The van der Waals surface area contributed by atoms with Gasteiger partial charge in [0.25, 0.3) is 0 Å². The zero-order chi connectivity index (χ0) is 38.0. The van der Waals surface area contributed by atoms with Crippen LogP contribution in [0.2, 0.25) is 0 Å². The molecule has 1 heterocycles. The highest BCUT2D eigenvalue weighted by molar-refractivity contribution is 5.96. The van der Waals surface area contributed by atoms with Gasteiger partial charge in [-0.15, -0.1) is 0 Å². The lowest BCUT2D eigenvalue weighted by atomic mass is 10.1. The Balaban J connectivity index is 3.45. The second-order valence-electron chi connectivity index (χ2n) is 11.3. The fourth-order valence-electron chi connectivity index (χ4n) is 4.42. The molecule has 22 heteroatoms. The molecule has 0 aromatic heterocycles. The van der Waals surface area contributed by atoms with E-state index in [2.05, 4.69) is 31.9 Å². The van der Waals surface area contributed by atoms with Gasteiger partial charge in [-0.3, -0.25) is 58.8 Å². The molecule has 4 atom stereocenters. The lowest BCUT2D eigenvalue weighted by Crippen LogP contribution is -2.59. The minimum absolute atomic E-state index is 0.0290. The van der Waals surface area contributed by atoms with E-state index in [0.29, 0.717) is 15.2 Å². The highest BCUT2D eigenvalue weighted by Gasteiger charge is 2.31. The molecule has 282 valence electrons. The normalized spacial score (nSPS) is 21.2. The molecular formula is C28H47N9O13. The van der Waals surface area contributed by atoms with Crippen LogP contribution in [-0.2, 0) is 43.2 Å². The largest absolute Gasteiger partial charge is 0.394 e. The predicted molar refractivity (Wildman–Crippen MR) is 166 cm³/mol. The summed E-state index contributed by atoms with van der Waals surface area (Å²) >= 11 is 0. The van der Waals surface area contributed by atoms with Crippen molar-refractivity contribution < 1.29 is 63.9 Å². The molecule has 1 aliphatic rings. The number of carbonyl (C=O) groups is 9. The van der Waals surface area contributed by atoms with Crippen LogP contribution < -0.4 is 31.9 Å². The van der Waals surface area contributed by atoms with Gasteiger partial charge in [0.15, 0.2) is 0 Å². The fourth-order valence-corrected chi connectivity index (χ4v) is 4.42. The minimum atomic E-state index is -1.54. The Hall–Kier alpha value is -4.93. The van der Waals surface area contributed by atoms with E-state index in [4.69, 9.17) is 0 Å². The SMILES string of the molecule is CC(=O)N(O)CCC[C@@H]1NC(=O)CNC(=O)[C@H](CO)NC(=O)CNC(=O)[C@@H](CCCN(O)C(C)=O)NC(=O)[C@@H](CCCN(O)C(C)=O)NC1=O. The van der Waals surface area contributed by atoms with Crippen molar-refractivity contribution in [1.29, 1.82) is 0 Å². The average molecular weight is 718 g/mol. The van der Waals surface area contributed by atoms with Crippen LogP contribution in [0.1, 0.15) is 59.3 Å². The van der Waals surface area contributed by atoms with Gasteiger partial charge in [0, 0.05) is 40.4 Å². The van der Waals surface area contributed by atoms with Crippen LogP contribution in [0.5, 0.6) is 0 Å². The molecule has 1 saturated heterocycles. The monoisotopic (exact) mass is 717 g/mol. The highest BCUT2D eigenvalue weighted by atomic mass is 16.5. The summed E-state index contributed by atoms with van der Waals surface area (Å²) in [6.07, 6.45) is -0.685. The smallest absolute Gasteiger partial charge is 0.245 e. The summed E-state index contributed by atoms with van der Waals surface area (Å²) in [5.41, 5.74) is 0. The molecule has 0 aromatic carbocycles. The van der Waals surface area contributed by atoms with Crippen molar-refractivity contribution in [2.75, 3.05) is 39.3 Å². The summed E-state index contributed by atoms with van der Waals surface area (Å²) in [5, 5.41) is 53.9. The first-order valence-corrected chi connectivity index (χ1v) is 15.7. The summed E-state index contributed by atoms with van der Waals surface area (Å²) in [7, 11) is 0. The quantitative estimate of drug-likeness (QED) is 0.0633. The Labute approximate surface area is 287 Å². The van der Waals surface area contributed by atoms with Gasteiger partial charge in [-0.1, -0.05) is 0 Å². The summed E-state index contributed by atoms with van der Waals surface area (Å²) in [6.45, 7) is 0.217. The van der Waals surface area contributed by atoms with Crippen molar-refractivity contribution in [3.63, 3.8) is 0 Å². The number of carbonyl (C=O) groups excluding carboxylic acids is 9. The Morgan fingerprint density at radius 2 is 0.840 bits per heavy atom. The molecule has 0 aromatic rings. The number of hydrogen-bond acceptors (Lipinski definition) is 13. The third-order valence-electron chi connectivity index (χ3n) is 7.28. The van der Waals surface area contributed by atoms with Crippen LogP contribution >= 0.6 is 0 Å². The molecule has 1 fully saturated rings. The Morgan fingerprint density at radius 1 is 0.540 bits per heavy atom. The van der Waals surface area contributed by atoms with Gasteiger partial charge in [-0.05, 0) is 38.5 Å². The highest BCUT2D eigenvalue weighted by Crippen LogP contribution is 2.07. The number of amides is 9. The van der Waals surface area contributed by atoms with E-state index in [1.54, 1.807) is 0 Å². The summed E-state index contributed by atoms with van der Waals surface area (Å²) in [6, 6.07) is -5.79. The number of nitrogens with zero attached hydrogens (tertiary/aromatic N) is 3. The molecule has 1 rings (SSSR count). The van der Waals surface area contributed by atoms with Gasteiger partial charge in [0.05, 0.1) is 19.7 Å². The third-order valence-corrected chi connectivity index (χ3v) is 7.28. The second kappa shape index (κ2) is 21.9. The van der Waals surface area contributed by atoms with Gasteiger partial charge in [0.2, 0.25) is 53.2 Å². The van der Waals surface area contributed by atoms with Crippen molar-refractivity contribution >= 4 is 53.2 Å². The first-order valence-electron chi connectivity index (χ1n) is 15.7. The Kier molecular flexibility index (Phi) is 18.9. The van der Waals surface area contributed by atoms with E-state index in [1.165, 1.54) is 0 Å². The first kappa shape index (κ1) is 43.1. The minimum Gasteiger partial charge on any atom is -0.394 e. The molecule has 10 N–H and O–H groups in total. The maximum Gasteiger partial charge on any atom is 0.245 e. The standard InChI is InChI=1S/C28H47N9O13/c1-16(39)35(48)10-4-7-19-25(44)29-14-24(43)32-22(15-38)26(45)30-13-23(42)31-20(8-5-11-36(49)17(2)40)27(46)34-21(28(47)33-19)9-6-12-37(50)18(3)41/h19-22,38,48-50H,4-15H2,1-3H3,(H,29,44)(H,30,45)(H,31,42)(H,32,43)(H,33,47)(H,34,46)/t19-,20+,21-,22+/m1/s1. The lowest BCUT2D eigenvalue weighted by Gasteiger charge is -2.26. The molecule has 22 nitrogen and oxygen atoms in total. The van der Waals surface area contributed by atoms with E-state index in [9.17, 15) is 63.9 Å². The van der Waals surface area contributed by atoms with E-state index < -0.39 is 97.0 Å². The molecule has 0 spiro atoms. The van der Waals surface area contributed by atoms with Crippen LogP contribution in [-0.4, -0.2) is 153 Å². The molecule has 0 unspecified atom stereocenters. The Morgan fingerprint density at radius 3 is 1.18 bits per heavy atom. The van der Waals surface area contributed by atoms with E-state index >= 15 is 0 Å².